The van der Waals surface area contributed by atoms with Gasteiger partial charge >= 0.3 is 0 Å². The number of hydrogen-bond donors (Lipinski definition) is 0. The Morgan fingerprint density at radius 1 is 1.19 bits per heavy atom. The van der Waals surface area contributed by atoms with E-state index in [4.69, 9.17) is 4.74 Å². The SMILES string of the molecule is COc1ccc(C2CCCN2CC(=O)N(C)Cc2ccccc2C)cc1. The predicted molar refractivity (Wildman–Crippen MR) is 104 cm³/mol. The third-order valence-corrected chi connectivity index (χ3v) is 5.30. The highest BCUT2D eigenvalue weighted by molar-refractivity contribution is 5.78. The molecule has 1 heterocycles. The lowest BCUT2D eigenvalue weighted by Crippen LogP contribution is -2.38. The van der Waals surface area contributed by atoms with Crippen LogP contribution in [0.25, 0.3) is 0 Å². The summed E-state index contributed by atoms with van der Waals surface area (Å²) >= 11 is 0. The summed E-state index contributed by atoms with van der Waals surface area (Å²) in [6.45, 7) is 4.19. The Bertz CT molecular complexity index is 742. The van der Waals surface area contributed by atoms with Crippen LogP contribution < -0.4 is 4.74 Å². The molecule has 138 valence electrons. The molecular weight excluding hydrogens is 324 g/mol. The first kappa shape index (κ1) is 18.5. The molecule has 2 aromatic rings. The number of ether oxygens (including phenoxy) is 1. The lowest BCUT2D eigenvalue weighted by atomic mass is 10.0. The Hall–Kier alpha value is -2.33. The van der Waals surface area contributed by atoms with Crippen LogP contribution in [0.2, 0.25) is 0 Å². The largest absolute Gasteiger partial charge is 0.497 e. The maximum atomic E-state index is 12.8. The van der Waals surface area contributed by atoms with E-state index in [1.54, 1.807) is 7.11 Å². The second-order valence-electron chi connectivity index (χ2n) is 7.08. The molecule has 1 unspecified atom stereocenters. The average molecular weight is 352 g/mol. The fourth-order valence-corrected chi connectivity index (χ4v) is 3.64. The first-order valence-corrected chi connectivity index (χ1v) is 9.25. The molecule has 0 radical (unpaired) electrons. The average Bonchev–Trinajstić information content (AvgIpc) is 3.11. The first-order valence-electron chi connectivity index (χ1n) is 9.25. The van der Waals surface area contributed by atoms with Crippen LogP contribution in [0.5, 0.6) is 5.75 Å². The number of likely N-dealkylation sites (N-methyl/N-ethyl adjacent to an activating group) is 1. The lowest BCUT2D eigenvalue weighted by molar-refractivity contribution is -0.131. The number of likely N-dealkylation sites (tertiary alicyclic amines) is 1. The molecule has 1 aliphatic heterocycles. The fraction of sp³-hybridized carbons (Fsp3) is 0.409. The minimum absolute atomic E-state index is 0.175. The van der Waals surface area contributed by atoms with E-state index in [1.165, 1.54) is 16.7 Å². The standard InChI is InChI=1S/C22H28N2O2/c1-17-7-4-5-8-19(17)15-23(2)22(25)16-24-14-6-9-21(24)18-10-12-20(26-3)13-11-18/h4-5,7-8,10-13,21H,6,9,14-16H2,1-3H3. The minimum atomic E-state index is 0.175. The summed E-state index contributed by atoms with van der Waals surface area (Å²) in [7, 11) is 3.58. The van der Waals surface area contributed by atoms with Crippen molar-refractivity contribution in [2.45, 2.75) is 32.4 Å². The van der Waals surface area contributed by atoms with Gasteiger partial charge in [-0.05, 0) is 55.1 Å². The molecule has 0 N–H and O–H groups in total. The molecule has 0 spiro atoms. The Balaban J connectivity index is 1.62. The van der Waals surface area contributed by atoms with Gasteiger partial charge in [0.05, 0.1) is 13.7 Å². The highest BCUT2D eigenvalue weighted by Crippen LogP contribution is 2.32. The van der Waals surface area contributed by atoms with Crippen molar-refractivity contribution in [3.63, 3.8) is 0 Å². The molecular formula is C22H28N2O2. The Labute approximate surface area is 156 Å². The van der Waals surface area contributed by atoms with Gasteiger partial charge in [0.1, 0.15) is 5.75 Å². The fourth-order valence-electron chi connectivity index (χ4n) is 3.64. The first-order chi connectivity index (χ1) is 12.6. The van der Waals surface area contributed by atoms with Crippen molar-refractivity contribution in [1.29, 1.82) is 0 Å². The van der Waals surface area contributed by atoms with Crippen LogP contribution in [-0.4, -0.2) is 43.0 Å². The number of benzene rings is 2. The number of methoxy groups -OCH3 is 1. The van der Waals surface area contributed by atoms with Gasteiger partial charge in [0.15, 0.2) is 0 Å². The molecule has 0 aliphatic carbocycles. The Kier molecular flexibility index (Phi) is 5.94. The third-order valence-electron chi connectivity index (χ3n) is 5.30. The number of amides is 1. The molecule has 1 saturated heterocycles. The number of rotatable bonds is 6. The second-order valence-corrected chi connectivity index (χ2v) is 7.08. The molecule has 0 bridgehead atoms. The van der Waals surface area contributed by atoms with Crippen LogP contribution in [-0.2, 0) is 11.3 Å². The summed E-state index contributed by atoms with van der Waals surface area (Å²) in [5, 5.41) is 0. The molecule has 1 fully saturated rings. The van der Waals surface area contributed by atoms with Crippen LogP contribution in [0.4, 0.5) is 0 Å². The van der Waals surface area contributed by atoms with Gasteiger partial charge in [-0.3, -0.25) is 9.69 Å². The summed E-state index contributed by atoms with van der Waals surface area (Å²) in [5.41, 5.74) is 3.69. The van der Waals surface area contributed by atoms with Crippen molar-refractivity contribution in [3.05, 3.63) is 65.2 Å². The summed E-state index contributed by atoms with van der Waals surface area (Å²) in [6.07, 6.45) is 2.23. The number of nitrogens with zero attached hydrogens (tertiary/aromatic N) is 2. The van der Waals surface area contributed by atoms with Crippen LogP contribution >= 0.6 is 0 Å². The molecule has 0 aromatic heterocycles. The van der Waals surface area contributed by atoms with E-state index in [0.717, 1.165) is 25.1 Å². The lowest BCUT2D eigenvalue weighted by Gasteiger charge is -2.27. The summed E-state index contributed by atoms with van der Waals surface area (Å²) < 4.78 is 5.25. The highest BCUT2D eigenvalue weighted by Gasteiger charge is 2.28. The molecule has 4 nitrogen and oxygen atoms in total. The van der Waals surface area contributed by atoms with E-state index in [1.807, 2.05) is 36.2 Å². The van der Waals surface area contributed by atoms with Gasteiger partial charge in [0, 0.05) is 19.6 Å². The summed E-state index contributed by atoms with van der Waals surface area (Å²) in [6, 6.07) is 16.8. The van der Waals surface area contributed by atoms with Crippen molar-refractivity contribution in [2.24, 2.45) is 0 Å². The molecule has 1 aliphatic rings. The predicted octanol–water partition coefficient (Wildman–Crippen LogP) is 3.80. The van der Waals surface area contributed by atoms with Gasteiger partial charge in [-0.15, -0.1) is 0 Å². The maximum absolute atomic E-state index is 12.8. The van der Waals surface area contributed by atoms with E-state index in [-0.39, 0.29) is 5.91 Å². The van der Waals surface area contributed by atoms with E-state index in [0.29, 0.717) is 19.1 Å². The summed E-state index contributed by atoms with van der Waals surface area (Å²) in [4.78, 5) is 16.9. The van der Waals surface area contributed by atoms with Crippen LogP contribution in [0.3, 0.4) is 0 Å². The van der Waals surface area contributed by atoms with Crippen LogP contribution in [0.15, 0.2) is 48.5 Å². The van der Waals surface area contributed by atoms with Crippen LogP contribution in [0, 0.1) is 6.92 Å². The zero-order valence-corrected chi connectivity index (χ0v) is 15.9. The minimum Gasteiger partial charge on any atom is -0.497 e. The number of carbonyl (C=O) groups is 1. The van der Waals surface area contributed by atoms with Gasteiger partial charge in [-0.2, -0.15) is 0 Å². The van der Waals surface area contributed by atoms with E-state index in [9.17, 15) is 4.79 Å². The topological polar surface area (TPSA) is 32.8 Å². The van der Waals surface area contributed by atoms with E-state index < -0.39 is 0 Å². The van der Waals surface area contributed by atoms with Gasteiger partial charge in [-0.1, -0.05) is 36.4 Å². The Morgan fingerprint density at radius 2 is 1.92 bits per heavy atom. The van der Waals surface area contributed by atoms with Crippen molar-refractivity contribution in [3.8, 4) is 5.75 Å². The molecule has 1 amide bonds. The zero-order valence-electron chi connectivity index (χ0n) is 15.9. The summed E-state index contributed by atoms with van der Waals surface area (Å²) in [5.74, 6) is 1.04. The van der Waals surface area contributed by atoms with Crippen molar-refractivity contribution in [2.75, 3.05) is 27.2 Å². The Morgan fingerprint density at radius 3 is 2.62 bits per heavy atom. The van der Waals surface area contributed by atoms with Gasteiger partial charge in [-0.25, -0.2) is 0 Å². The van der Waals surface area contributed by atoms with Crippen molar-refractivity contribution >= 4 is 5.91 Å². The normalized spacial score (nSPS) is 17.3. The van der Waals surface area contributed by atoms with Gasteiger partial charge < -0.3 is 9.64 Å². The molecule has 0 saturated carbocycles. The molecule has 26 heavy (non-hydrogen) atoms. The quantitative estimate of drug-likeness (QED) is 0.793. The van der Waals surface area contributed by atoms with Crippen LogP contribution in [0.1, 0.15) is 35.6 Å². The number of aryl methyl sites for hydroxylation is 1. The monoisotopic (exact) mass is 352 g/mol. The van der Waals surface area contributed by atoms with E-state index in [2.05, 4.69) is 36.1 Å². The van der Waals surface area contributed by atoms with Crippen molar-refractivity contribution < 1.29 is 9.53 Å². The second kappa shape index (κ2) is 8.37. The van der Waals surface area contributed by atoms with Gasteiger partial charge in [0.2, 0.25) is 5.91 Å². The molecule has 1 atom stereocenters. The molecule has 2 aromatic carbocycles. The highest BCUT2D eigenvalue weighted by atomic mass is 16.5. The van der Waals surface area contributed by atoms with E-state index >= 15 is 0 Å². The third kappa shape index (κ3) is 4.25. The zero-order chi connectivity index (χ0) is 18.5. The number of hydrogen-bond acceptors (Lipinski definition) is 3. The number of carbonyl (C=O) groups excluding carboxylic acids is 1. The maximum Gasteiger partial charge on any atom is 0.236 e. The van der Waals surface area contributed by atoms with Crippen molar-refractivity contribution in [1.82, 2.24) is 9.80 Å². The molecule has 4 heteroatoms. The molecule has 3 rings (SSSR count). The van der Waals surface area contributed by atoms with Gasteiger partial charge in [0.25, 0.3) is 0 Å². The smallest absolute Gasteiger partial charge is 0.236 e.